The number of carboxylic acid groups (broad SMARTS) is 1. The highest BCUT2D eigenvalue weighted by molar-refractivity contribution is 5.82. The molecule has 0 bridgehead atoms. The van der Waals surface area contributed by atoms with Gasteiger partial charge in [0.2, 0.25) is 0 Å². The van der Waals surface area contributed by atoms with Gasteiger partial charge < -0.3 is 15.3 Å². The fourth-order valence-electron chi connectivity index (χ4n) is 2.29. The van der Waals surface area contributed by atoms with Crippen LogP contribution in [-0.2, 0) is 4.79 Å². The molecule has 0 aromatic carbocycles. The number of hydrogen-bond acceptors (Lipinski definition) is 3. The first-order valence-corrected chi connectivity index (χ1v) is 6.49. The summed E-state index contributed by atoms with van der Waals surface area (Å²) in [6, 6.07) is -0.220. The zero-order chi connectivity index (χ0) is 13.3. The molecule has 102 valence electrons. The van der Waals surface area contributed by atoms with Crippen molar-refractivity contribution in [3.8, 4) is 0 Å². The van der Waals surface area contributed by atoms with Crippen LogP contribution in [0.4, 0.5) is 4.79 Å². The maximum Gasteiger partial charge on any atom is 0.326 e. The monoisotopic (exact) mass is 255 g/mol. The average Bonchev–Trinajstić information content (AvgIpc) is 3.08. The van der Waals surface area contributed by atoms with Crippen molar-refractivity contribution in [2.24, 2.45) is 0 Å². The number of carboxylic acids is 1. The van der Waals surface area contributed by atoms with E-state index in [4.69, 9.17) is 5.11 Å². The maximum absolute atomic E-state index is 11.9. The van der Waals surface area contributed by atoms with E-state index in [9.17, 15) is 9.59 Å². The zero-order valence-electron chi connectivity index (χ0n) is 10.9. The third-order valence-corrected chi connectivity index (χ3v) is 3.87. The van der Waals surface area contributed by atoms with Crippen LogP contribution in [0.5, 0.6) is 0 Å². The van der Waals surface area contributed by atoms with Crippen LogP contribution >= 0.6 is 0 Å². The van der Waals surface area contributed by atoms with Crippen LogP contribution < -0.4 is 5.32 Å². The standard InChI is InChI=1S/C12H21N3O3/c1-8(11(16)17)14(2)12(18)13-9-5-6-15(7-9)10-3-4-10/h8-10H,3-7H2,1-2H3,(H,13,18)(H,16,17). The van der Waals surface area contributed by atoms with E-state index in [0.29, 0.717) is 0 Å². The van der Waals surface area contributed by atoms with Crippen molar-refractivity contribution in [3.05, 3.63) is 0 Å². The van der Waals surface area contributed by atoms with Gasteiger partial charge >= 0.3 is 12.0 Å². The number of hydrogen-bond donors (Lipinski definition) is 2. The minimum absolute atomic E-state index is 0.154. The van der Waals surface area contributed by atoms with E-state index in [2.05, 4.69) is 10.2 Å². The predicted octanol–water partition coefficient (Wildman–Crippen LogP) is 0.338. The Morgan fingerprint density at radius 1 is 1.39 bits per heavy atom. The van der Waals surface area contributed by atoms with Crippen LogP contribution in [0.1, 0.15) is 26.2 Å². The molecule has 2 fully saturated rings. The first-order valence-electron chi connectivity index (χ1n) is 6.49. The van der Waals surface area contributed by atoms with Gasteiger partial charge in [0.05, 0.1) is 0 Å². The molecule has 2 aliphatic rings. The van der Waals surface area contributed by atoms with E-state index in [0.717, 1.165) is 25.6 Å². The summed E-state index contributed by atoms with van der Waals surface area (Å²) in [4.78, 5) is 26.3. The topological polar surface area (TPSA) is 72.9 Å². The van der Waals surface area contributed by atoms with Gasteiger partial charge in [-0.15, -0.1) is 0 Å². The molecule has 0 aromatic rings. The summed E-state index contributed by atoms with van der Waals surface area (Å²) in [5.74, 6) is -0.987. The molecule has 1 saturated carbocycles. The number of amides is 2. The third-order valence-electron chi connectivity index (χ3n) is 3.87. The molecular weight excluding hydrogens is 234 g/mol. The first kappa shape index (κ1) is 13.1. The summed E-state index contributed by atoms with van der Waals surface area (Å²) in [5, 5.41) is 11.8. The Morgan fingerprint density at radius 2 is 2.06 bits per heavy atom. The SMILES string of the molecule is CC(C(=O)O)N(C)C(=O)NC1CCN(C2CC2)C1. The van der Waals surface area contributed by atoms with Crippen LogP contribution in [0.25, 0.3) is 0 Å². The van der Waals surface area contributed by atoms with Gasteiger partial charge in [-0.25, -0.2) is 9.59 Å². The number of nitrogens with zero attached hydrogens (tertiary/aromatic N) is 2. The highest BCUT2D eigenvalue weighted by atomic mass is 16.4. The molecule has 0 radical (unpaired) electrons. The number of carbonyl (C=O) groups is 2. The van der Waals surface area contributed by atoms with Gasteiger partial charge in [0.1, 0.15) is 6.04 Å². The van der Waals surface area contributed by atoms with Crippen molar-refractivity contribution in [1.29, 1.82) is 0 Å². The van der Waals surface area contributed by atoms with Gasteiger partial charge in [-0.1, -0.05) is 0 Å². The molecule has 2 unspecified atom stereocenters. The van der Waals surface area contributed by atoms with Crippen LogP contribution in [-0.4, -0.2) is 65.2 Å². The van der Waals surface area contributed by atoms with Gasteiger partial charge in [0, 0.05) is 32.2 Å². The summed E-state index contributed by atoms with van der Waals surface area (Å²) < 4.78 is 0. The molecular formula is C12H21N3O3. The largest absolute Gasteiger partial charge is 0.480 e. The zero-order valence-corrected chi connectivity index (χ0v) is 10.9. The molecule has 2 atom stereocenters. The van der Waals surface area contributed by atoms with Gasteiger partial charge in [0.15, 0.2) is 0 Å². The molecule has 2 N–H and O–H groups in total. The van der Waals surface area contributed by atoms with Crippen molar-refractivity contribution in [3.63, 3.8) is 0 Å². The lowest BCUT2D eigenvalue weighted by Gasteiger charge is -2.24. The second-order valence-corrected chi connectivity index (χ2v) is 5.29. The van der Waals surface area contributed by atoms with E-state index in [1.54, 1.807) is 0 Å². The molecule has 2 rings (SSSR count). The van der Waals surface area contributed by atoms with Crippen LogP contribution in [0, 0.1) is 0 Å². The van der Waals surface area contributed by atoms with E-state index in [1.165, 1.54) is 31.7 Å². The van der Waals surface area contributed by atoms with Crippen LogP contribution in [0.15, 0.2) is 0 Å². The van der Waals surface area contributed by atoms with Gasteiger partial charge in [-0.3, -0.25) is 4.90 Å². The molecule has 18 heavy (non-hydrogen) atoms. The summed E-state index contributed by atoms with van der Waals surface area (Å²) in [5.41, 5.74) is 0. The molecule has 2 amide bonds. The fraction of sp³-hybridized carbons (Fsp3) is 0.833. The Bertz CT molecular complexity index is 343. The number of likely N-dealkylation sites (tertiary alicyclic amines) is 1. The normalized spacial score (nSPS) is 25.8. The molecule has 1 saturated heterocycles. The molecule has 1 aliphatic carbocycles. The van der Waals surface area contributed by atoms with Crippen molar-refractivity contribution >= 4 is 12.0 Å². The first-order chi connectivity index (χ1) is 8.49. The van der Waals surface area contributed by atoms with E-state index in [1.807, 2.05) is 0 Å². The van der Waals surface area contributed by atoms with Crippen molar-refractivity contribution in [2.75, 3.05) is 20.1 Å². The Morgan fingerprint density at radius 3 is 2.61 bits per heavy atom. The molecule has 1 aliphatic heterocycles. The highest BCUT2D eigenvalue weighted by Crippen LogP contribution is 2.29. The molecule has 6 nitrogen and oxygen atoms in total. The van der Waals surface area contributed by atoms with Crippen molar-refractivity contribution in [1.82, 2.24) is 15.1 Å². The molecule has 1 heterocycles. The minimum atomic E-state index is -0.987. The van der Waals surface area contributed by atoms with E-state index in [-0.39, 0.29) is 12.1 Å². The quantitative estimate of drug-likeness (QED) is 0.759. The lowest BCUT2D eigenvalue weighted by atomic mass is 10.2. The summed E-state index contributed by atoms with van der Waals surface area (Å²) in [7, 11) is 1.52. The second kappa shape index (κ2) is 5.14. The third kappa shape index (κ3) is 2.93. The van der Waals surface area contributed by atoms with Gasteiger partial charge in [0.25, 0.3) is 0 Å². The van der Waals surface area contributed by atoms with Crippen LogP contribution in [0.2, 0.25) is 0 Å². The van der Waals surface area contributed by atoms with Crippen LogP contribution in [0.3, 0.4) is 0 Å². The fourth-order valence-corrected chi connectivity index (χ4v) is 2.29. The predicted molar refractivity (Wildman–Crippen MR) is 66.4 cm³/mol. The number of rotatable bonds is 4. The lowest BCUT2D eigenvalue weighted by molar-refractivity contribution is -0.141. The van der Waals surface area contributed by atoms with Crippen molar-refractivity contribution in [2.45, 2.75) is 44.3 Å². The number of urea groups is 1. The van der Waals surface area contributed by atoms with E-state index < -0.39 is 12.0 Å². The van der Waals surface area contributed by atoms with E-state index >= 15 is 0 Å². The highest BCUT2D eigenvalue weighted by Gasteiger charge is 2.35. The second-order valence-electron chi connectivity index (χ2n) is 5.29. The minimum Gasteiger partial charge on any atom is -0.480 e. The summed E-state index contributed by atoms with van der Waals surface area (Å²) in [6.07, 6.45) is 3.50. The number of nitrogens with one attached hydrogen (secondary N) is 1. The lowest BCUT2D eigenvalue weighted by Crippen LogP contribution is -2.49. The maximum atomic E-state index is 11.9. The average molecular weight is 255 g/mol. The Labute approximate surface area is 107 Å². The number of aliphatic carboxylic acids is 1. The summed E-state index contributed by atoms with van der Waals surface area (Å²) in [6.45, 7) is 3.44. The molecule has 0 aromatic heterocycles. The number of carbonyl (C=O) groups excluding carboxylic acids is 1. The Balaban J connectivity index is 1.78. The smallest absolute Gasteiger partial charge is 0.326 e. The Hall–Kier alpha value is -1.30. The molecule has 6 heteroatoms. The number of likely N-dealkylation sites (N-methyl/N-ethyl adjacent to an activating group) is 1. The Kier molecular flexibility index (Phi) is 3.75. The molecule has 0 spiro atoms. The van der Waals surface area contributed by atoms with Gasteiger partial charge in [-0.05, 0) is 26.2 Å². The summed E-state index contributed by atoms with van der Waals surface area (Å²) >= 11 is 0. The van der Waals surface area contributed by atoms with Gasteiger partial charge in [-0.2, -0.15) is 0 Å². The van der Waals surface area contributed by atoms with Crippen molar-refractivity contribution < 1.29 is 14.7 Å².